The number of likely N-dealkylation sites (N-methyl/N-ethyl adjacent to an activating group) is 1. The minimum Gasteiger partial charge on any atom is -0.361 e. The third-order valence-corrected chi connectivity index (χ3v) is 4.44. The van der Waals surface area contributed by atoms with E-state index >= 15 is 0 Å². The van der Waals surface area contributed by atoms with Gasteiger partial charge in [0.05, 0.1) is 6.42 Å². The second-order valence-corrected chi connectivity index (χ2v) is 5.85. The summed E-state index contributed by atoms with van der Waals surface area (Å²) in [6, 6.07) is 6.34. The van der Waals surface area contributed by atoms with Gasteiger partial charge in [0.15, 0.2) is 0 Å². The molecule has 0 unspecified atom stereocenters. The fourth-order valence-corrected chi connectivity index (χ4v) is 3.03. The first-order valence-electron chi connectivity index (χ1n) is 7.74. The van der Waals surface area contributed by atoms with Gasteiger partial charge in [0.1, 0.15) is 0 Å². The van der Waals surface area contributed by atoms with Gasteiger partial charge < -0.3 is 14.8 Å². The molecule has 1 amide bonds. The summed E-state index contributed by atoms with van der Waals surface area (Å²) in [4.78, 5) is 20.1. The van der Waals surface area contributed by atoms with Crippen LogP contribution in [0.15, 0.2) is 24.4 Å². The minimum absolute atomic E-state index is 0.243. The number of carbonyl (C=O) groups excluding carboxylic acids is 1. The summed E-state index contributed by atoms with van der Waals surface area (Å²) in [5.74, 6) is 0.243. The van der Waals surface area contributed by atoms with E-state index in [1.807, 2.05) is 11.1 Å². The minimum atomic E-state index is 0.243. The van der Waals surface area contributed by atoms with Gasteiger partial charge in [0, 0.05) is 43.3 Å². The molecule has 4 heteroatoms. The molecule has 0 saturated carbocycles. The molecule has 1 aliphatic rings. The standard InChI is InChI=1S/C17H23N3O/c1-3-19-6-8-20(9-7-19)17(21)11-14-12-18-16-10-13(2)4-5-15(14)16/h4-5,10,12,18H,3,6-9,11H2,1-2H3. The van der Waals surface area contributed by atoms with E-state index in [0.29, 0.717) is 6.42 Å². The summed E-state index contributed by atoms with van der Waals surface area (Å²) < 4.78 is 0. The molecule has 0 atom stereocenters. The number of H-pyrrole nitrogens is 1. The molecule has 2 heterocycles. The molecule has 1 N–H and O–H groups in total. The molecule has 1 fully saturated rings. The number of rotatable bonds is 3. The summed E-state index contributed by atoms with van der Waals surface area (Å²) in [6.45, 7) is 9.03. The average molecular weight is 285 g/mol. The monoisotopic (exact) mass is 285 g/mol. The van der Waals surface area contributed by atoms with Crippen molar-refractivity contribution in [3.63, 3.8) is 0 Å². The molecule has 1 aromatic carbocycles. The zero-order valence-electron chi connectivity index (χ0n) is 12.9. The lowest BCUT2D eigenvalue weighted by molar-refractivity contribution is -0.132. The summed E-state index contributed by atoms with van der Waals surface area (Å²) in [7, 11) is 0. The number of hydrogen-bond donors (Lipinski definition) is 1. The molecule has 4 nitrogen and oxygen atoms in total. The number of aromatic amines is 1. The Morgan fingerprint density at radius 2 is 2.00 bits per heavy atom. The highest BCUT2D eigenvalue weighted by Crippen LogP contribution is 2.20. The fourth-order valence-electron chi connectivity index (χ4n) is 3.03. The van der Waals surface area contributed by atoms with Gasteiger partial charge in [-0.2, -0.15) is 0 Å². The molecule has 112 valence electrons. The van der Waals surface area contributed by atoms with Gasteiger partial charge in [-0.3, -0.25) is 4.79 Å². The molecule has 1 aromatic heterocycles. The van der Waals surface area contributed by atoms with Crippen LogP contribution < -0.4 is 0 Å². The first kappa shape index (κ1) is 14.1. The number of hydrogen-bond acceptors (Lipinski definition) is 2. The molecule has 21 heavy (non-hydrogen) atoms. The Balaban J connectivity index is 1.69. The zero-order valence-corrected chi connectivity index (χ0v) is 12.9. The lowest BCUT2D eigenvalue weighted by Gasteiger charge is -2.34. The average Bonchev–Trinajstić information content (AvgIpc) is 2.89. The van der Waals surface area contributed by atoms with Crippen LogP contribution >= 0.6 is 0 Å². The summed E-state index contributed by atoms with van der Waals surface area (Å²) in [5.41, 5.74) is 3.46. The second kappa shape index (κ2) is 5.90. The number of fused-ring (bicyclic) bond motifs is 1. The third-order valence-electron chi connectivity index (χ3n) is 4.44. The SMILES string of the molecule is CCN1CCN(C(=O)Cc2c[nH]c3cc(C)ccc23)CC1. The molecule has 0 radical (unpaired) electrons. The van der Waals surface area contributed by atoms with Gasteiger partial charge in [-0.25, -0.2) is 0 Å². The fraction of sp³-hybridized carbons (Fsp3) is 0.471. The number of aromatic nitrogens is 1. The highest BCUT2D eigenvalue weighted by molar-refractivity contribution is 5.89. The van der Waals surface area contributed by atoms with E-state index in [1.54, 1.807) is 0 Å². The largest absolute Gasteiger partial charge is 0.361 e. The van der Waals surface area contributed by atoms with E-state index in [0.717, 1.165) is 43.8 Å². The van der Waals surface area contributed by atoms with Crippen LogP contribution in [0.2, 0.25) is 0 Å². The molecular weight excluding hydrogens is 262 g/mol. The molecule has 2 aromatic rings. The lowest BCUT2D eigenvalue weighted by Crippen LogP contribution is -2.48. The number of amides is 1. The van der Waals surface area contributed by atoms with Crippen molar-refractivity contribution in [2.45, 2.75) is 20.3 Å². The molecular formula is C17H23N3O. The summed E-state index contributed by atoms with van der Waals surface area (Å²) in [5, 5.41) is 1.17. The van der Waals surface area contributed by atoms with Gasteiger partial charge >= 0.3 is 0 Å². The van der Waals surface area contributed by atoms with Crippen molar-refractivity contribution in [1.82, 2.24) is 14.8 Å². The third kappa shape index (κ3) is 2.95. The van der Waals surface area contributed by atoms with Crippen molar-refractivity contribution in [2.24, 2.45) is 0 Å². The maximum Gasteiger partial charge on any atom is 0.227 e. The molecule has 0 aliphatic carbocycles. The van der Waals surface area contributed by atoms with E-state index in [-0.39, 0.29) is 5.91 Å². The predicted molar refractivity (Wildman–Crippen MR) is 85.4 cm³/mol. The van der Waals surface area contributed by atoms with Crippen molar-refractivity contribution in [3.05, 3.63) is 35.5 Å². The number of nitrogens with zero attached hydrogens (tertiary/aromatic N) is 2. The number of piperazine rings is 1. The van der Waals surface area contributed by atoms with Crippen LogP contribution in [0.3, 0.4) is 0 Å². The Morgan fingerprint density at radius 3 is 2.71 bits per heavy atom. The first-order chi connectivity index (χ1) is 10.2. The van der Waals surface area contributed by atoms with Crippen LogP contribution in [0.4, 0.5) is 0 Å². The van der Waals surface area contributed by atoms with Gasteiger partial charge in [-0.05, 0) is 30.7 Å². The van der Waals surface area contributed by atoms with Crippen LogP contribution in [-0.4, -0.2) is 53.4 Å². The Labute approximate surface area is 125 Å². The Morgan fingerprint density at radius 1 is 1.24 bits per heavy atom. The molecule has 3 rings (SSSR count). The van der Waals surface area contributed by atoms with Crippen LogP contribution in [-0.2, 0) is 11.2 Å². The van der Waals surface area contributed by atoms with Crippen molar-refractivity contribution < 1.29 is 4.79 Å². The normalized spacial score (nSPS) is 16.6. The van der Waals surface area contributed by atoms with E-state index in [2.05, 4.69) is 41.9 Å². The van der Waals surface area contributed by atoms with Gasteiger partial charge in [-0.1, -0.05) is 19.1 Å². The quantitative estimate of drug-likeness (QED) is 0.939. The van der Waals surface area contributed by atoms with Crippen molar-refractivity contribution in [2.75, 3.05) is 32.7 Å². The van der Waals surface area contributed by atoms with Crippen LogP contribution in [0, 0.1) is 6.92 Å². The lowest BCUT2D eigenvalue weighted by atomic mass is 10.1. The molecule has 1 aliphatic heterocycles. The van der Waals surface area contributed by atoms with E-state index in [1.165, 1.54) is 10.9 Å². The number of aryl methyl sites for hydroxylation is 1. The molecule has 0 bridgehead atoms. The van der Waals surface area contributed by atoms with Crippen molar-refractivity contribution >= 4 is 16.8 Å². The van der Waals surface area contributed by atoms with Crippen LogP contribution in [0.5, 0.6) is 0 Å². The first-order valence-corrected chi connectivity index (χ1v) is 7.74. The summed E-state index contributed by atoms with van der Waals surface area (Å²) in [6.07, 6.45) is 2.47. The van der Waals surface area contributed by atoms with E-state index in [4.69, 9.17) is 0 Å². The van der Waals surface area contributed by atoms with Gasteiger partial charge in [-0.15, -0.1) is 0 Å². The highest BCUT2D eigenvalue weighted by Gasteiger charge is 2.21. The van der Waals surface area contributed by atoms with Gasteiger partial charge in [0.2, 0.25) is 5.91 Å². The van der Waals surface area contributed by atoms with Crippen LogP contribution in [0.25, 0.3) is 10.9 Å². The number of carbonyl (C=O) groups is 1. The number of benzene rings is 1. The zero-order chi connectivity index (χ0) is 14.8. The Hall–Kier alpha value is -1.81. The van der Waals surface area contributed by atoms with Crippen molar-refractivity contribution in [3.8, 4) is 0 Å². The predicted octanol–water partition coefficient (Wildman–Crippen LogP) is 2.18. The second-order valence-electron chi connectivity index (χ2n) is 5.85. The molecule has 0 spiro atoms. The highest BCUT2D eigenvalue weighted by atomic mass is 16.2. The smallest absolute Gasteiger partial charge is 0.227 e. The molecule has 1 saturated heterocycles. The summed E-state index contributed by atoms with van der Waals surface area (Å²) >= 11 is 0. The maximum absolute atomic E-state index is 12.5. The maximum atomic E-state index is 12.5. The van der Waals surface area contributed by atoms with Crippen molar-refractivity contribution in [1.29, 1.82) is 0 Å². The topological polar surface area (TPSA) is 39.3 Å². The van der Waals surface area contributed by atoms with E-state index < -0.39 is 0 Å². The van der Waals surface area contributed by atoms with Crippen LogP contribution in [0.1, 0.15) is 18.1 Å². The van der Waals surface area contributed by atoms with E-state index in [9.17, 15) is 4.79 Å². The Kier molecular flexibility index (Phi) is 3.97. The number of nitrogens with one attached hydrogen (secondary N) is 1. The van der Waals surface area contributed by atoms with Gasteiger partial charge in [0.25, 0.3) is 0 Å². The Bertz CT molecular complexity index is 639.